The highest BCUT2D eigenvalue weighted by Gasteiger charge is 2.50. The molecule has 188 valence electrons. The molecule has 1 heterocycles. The van der Waals surface area contributed by atoms with Crippen LogP contribution in [0.25, 0.3) is 0 Å². The molecule has 0 radical (unpaired) electrons. The van der Waals surface area contributed by atoms with E-state index in [-0.39, 0.29) is 16.5 Å². The number of halogens is 2. The van der Waals surface area contributed by atoms with Crippen LogP contribution in [0.4, 0.5) is 14.5 Å². The SMILES string of the molecule is CC(C)(C)[Si](C)(C)Oc1ccc([C@@H]2[C@@H](NC(=O)c3ccc(F)cc3)C(=O)N2c2ccc(F)cc2)cc1. The highest BCUT2D eigenvalue weighted by Crippen LogP contribution is 2.41. The minimum atomic E-state index is -2.03. The van der Waals surface area contributed by atoms with E-state index in [9.17, 15) is 18.4 Å². The van der Waals surface area contributed by atoms with E-state index in [1.807, 2.05) is 24.3 Å². The summed E-state index contributed by atoms with van der Waals surface area (Å²) in [6, 6.07) is 17.0. The Hall–Kier alpha value is -3.52. The Labute approximate surface area is 211 Å². The summed E-state index contributed by atoms with van der Waals surface area (Å²) in [4.78, 5) is 27.5. The fraction of sp³-hybridized carbons (Fsp3) is 0.286. The number of hydrogen-bond acceptors (Lipinski definition) is 3. The molecule has 8 heteroatoms. The van der Waals surface area contributed by atoms with Gasteiger partial charge in [-0.3, -0.25) is 9.59 Å². The van der Waals surface area contributed by atoms with Crippen molar-refractivity contribution < 1.29 is 22.8 Å². The molecule has 2 atom stereocenters. The number of β-lactam (4-membered cyclic amide) rings is 1. The van der Waals surface area contributed by atoms with Gasteiger partial charge in [0.05, 0.1) is 6.04 Å². The molecule has 0 aromatic heterocycles. The van der Waals surface area contributed by atoms with Gasteiger partial charge in [-0.05, 0) is 84.4 Å². The molecule has 0 unspecified atom stereocenters. The molecule has 3 aromatic rings. The zero-order valence-corrected chi connectivity index (χ0v) is 22.0. The first-order valence-electron chi connectivity index (χ1n) is 11.8. The second kappa shape index (κ2) is 9.50. The van der Waals surface area contributed by atoms with E-state index < -0.39 is 37.9 Å². The standard InChI is InChI=1S/C28H30F2N2O3Si/c1-28(2,3)36(4,5)35-23-16-8-18(9-17-23)25-24(31-26(33)19-6-10-20(29)11-7-19)27(34)32(25)22-14-12-21(30)13-15-22/h6-17,24-25H,1-5H3,(H,31,33)/t24-,25-/m1/s1. The minimum Gasteiger partial charge on any atom is -0.544 e. The molecule has 3 aromatic carbocycles. The van der Waals surface area contributed by atoms with Gasteiger partial charge in [0.25, 0.3) is 11.8 Å². The number of rotatable bonds is 6. The summed E-state index contributed by atoms with van der Waals surface area (Å²) >= 11 is 0. The number of hydrogen-bond donors (Lipinski definition) is 1. The van der Waals surface area contributed by atoms with E-state index in [0.717, 1.165) is 11.3 Å². The van der Waals surface area contributed by atoms with Crippen molar-refractivity contribution in [3.8, 4) is 5.75 Å². The van der Waals surface area contributed by atoms with Crippen LogP contribution in [0, 0.1) is 11.6 Å². The summed E-state index contributed by atoms with van der Waals surface area (Å²) < 4.78 is 33.2. The van der Waals surface area contributed by atoms with Crippen LogP contribution in [-0.2, 0) is 4.79 Å². The van der Waals surface area contributed by atoms with E-state index in [2.05, 4.69) is 39.2 Å². The van der Waals surface area contributed by atoms with Crippen molar-refractivity contribution in [3.63, 3.8) is 0 Å². The first-order chi connectivity index (χ1) is 16.9. The quantitative estimate of drug-likeness (QED) is 0.317. The molecule has 1 saturated heterocycles. The lowest BCUT2D eigenvalue weighted by Gasteiger charge is -2.47. The van der Waals surface area contributed by atoms with Gasteiger partial charge in [0.1, 0.15) is 23.4 Å². The van der Waals surface area contributed by atoms with E-state index in [1.165, 1.54) is 48.5 Å². The normalized spacial score (nSPS) is 18.0. The molecule has 36 heavy (non-hydrogen) atoms. The lowest BCUT2D eigenvalue weighted by molar-refractivity contribution is -0.127. The number of nitrogens with one attached hydrogen (secondary N) is 1. The van der Waals surface area contributed by atoms with Gasteiger partial charge in [0.15, 0.2) is 0 Å². The number of carbonyl (C=O) groups excluding carboxylic acids is 2. The second-order valence-electron chi connectivity index (χ2n) is 10.5. The Bertz CT molecular complexity index is 1250. The lowest BCUT2D eigenvalue weighted by atomic mass is 9.87. The largest absolute Gasteiger partial charge is 0.544 e. The van der Waals surface area contributed by atoms with Gasteiger partial charge in [-0.1, -0.05) is 32.9 Å². The molecule has 0 spiro atoms. The van der Waals surface area contributed by atoms with Crippen LogP contribution in [-0.4, -0.2) is 26.2 Å². The topological polar surface area (TPSA) is 58.6 Å². The number of amides is 2. The predicted molar refractivity (Wildman–Crippen MR) is 139 cm³/mol. The van der Waals surface area contributed by atoms with Crippen molar-refractivity contribution in [1.82, 2.24) is 5.32 Å². The van der Waals surface area contributed by atoms with Crippen molar-refractivity contribution in [3.05, 3.63) is 95.6 Å². The third-order valence-corrected chi connectivity index (χ3v) is 11.4. The third kappa shape index (κ3) is 5.04. The average Bonchev–Trinajstić information content (AvgIpc) is 2.82. The molecule has 1 aliphatic rings. The molecule has 4 rings (SSSR count). The summed E-state index contributed by atoms with van der Waals surface area (Å²) in [5, 5.41) is 2.83. The maximum absolute atomic E-state index is 13.5. The molecule has 0 bridgehead atoms. The van der Waals surface area contributed by atoms with Gasteiger partial charge in [0.2, 0.25) is 8.32 Å². The van der Waals surface area contributed by atoms with Crippen LogP contribution >= 0.6 is 0 Å². The third-order valence-electron chi connectivity index (χ3n) is 7.00. The van der Waals surface area contributed by atoms with Crippen molar-refractivity contribution >= 4 is 25.8 Å². The van der Waals surface area contributed by atoms with Crippen LogP contribution in [0.1, 0.15) is 42.7 Å². The molecule has 0 saturated carbocycles. The number of carbonyl (C=O) groups is 2. The van der Waals surface area contributed by atoms with Crippen molar-refractivity contribution in [2.75, 3.05) is 4.90 Å². The lowest BCUT2D eigenvalue weighted by Crippen LogP contribution is -2.66. The second-order valence-corrected chi connectivity index (χ2v) is 15.2. The zero-order chi connectivity index (χ0) is 26.3. The highest BCUT2D eigenvalue weighted by atomic mass is 28.4. The van der Waals surface area contributed by atoms with Gasteiger partial charge >= 0.3 is 0 Å². The summed E-state index contributed by atoms with van der Waals surface area (Å²) in [6.07, 6.45) is 0. The van der Waals surface area contributed by atoms with E-state index in [1.54, 1.807) is 4.90 Å². The highest BCUT2D eigenvalue weighted by molar-refractivity contribution is 6.74. The maximum Gasteiger partial charge on any atom is 0.252 e. The van der Waals surface area contributed by atoms with Crippen LogP contribution in [0.5, 0.6) is 5.75 Å². The van der Waals surface area contributed by atoms with Crippen molar-refractivity contribution in [2.45, 2.75) is 51.0 Å². The first kappa shape index (κ1) is 25.6. The van der Waals surface area contributed by atoms with Crippen LogP contribution < -0.4 is 14.6 Å². The monoisotopic (exact) mass is 508 g/mol. The molecule has 1 aliphatic heterocycles. The molecule has 1 N–H and O–H groups in total. The summed E-state index contributed by atoms with van der Waals surface area (Å²) in [5.74, 6) is -0.905. The number of benzene rings is 3. The number of nitrogens with zero attached hydrogens (tertiary/aromatic N) is 1. The zero-order valence-electron chi connectivity index (χ0n) is 21.0. The molecule has 2 amide bonds. The number of anilines is 1. The Morgan fingerprint density at radius 1 is 0.889 bits per heavy atom. The summed E-state index contributed by atoms with van der Waals surface area (Å²) in [7, 11) is -2.03. The Morgan fingerprint density at radius 2 is 1.42 bits per heavy atom. The van der Waals surface area contributed by atoms with Crippen LogP contribution in [0.15, 0.2) is 72.8 Å². The fourth-order valence-electron chi connectivity index (χ4n) is 3.87. The molecule has 0 aliphatic carbocycles. The summed E-state index contributed by atoms with van der Waals surface area (Å²) in [5.41, 5.74) is 1.58. The van der Waals surface area contributed by atoms with Gasteiger partial charge in [-0.15, -0.1) is 0 Å². The van der Waals surface area contributed by atoms with Gasteiger partial charge in [-0.2, -0.15) is 0 Å². The van der Waals surface area contributed by atoms with E-state index in [4.69, 9.17) is 4.43 Å². The summed E-state index contributed by atoms with van der Waals surface area (Å²) in [6.45, 7) is 10.8. The minimum absolute atomic E-state index is 0.0428. The molecule has 5 nitrogen and oxygen atoms in total. The van der Waals surface area contributed by atoms with Gasteiger partial charge < -0.3 is 14.6 Å². The predicted octanol–water partition coefficient (Wildman–Crippen LogP) is 6.24. The Kier molecular flexibility index (Phi) is 6.75. The van der Waals surface area contributed by atoms with E-state index >= 15 is 0 Å². The Morgan fingerprint density at radius 3 is 1.94 bits per heavy atom. The molecular formula is C28H30F2N2O3Si. The van der Waals surface area contributed by atoms with Crippen molar-refractivity contribution in [2.24, 2.45) is 0 Å². The van der Waals surface area contributed by atoms with E-state index in [0.29, 0.717) is 5.69 Å². The van der Waals surface area contributed by atoms with Gasteiger partial charge in [0, 0.05) is 11.3 Å². The maximum atomic E-state index is 13.5. The fourth-order valence-corrected chi connectivity index (χ4v) is 4.90. The molecular weight excluding hydrogens is 478 g/mol. The Balaban J connectivity index is 1.62. The van der Waals surface area contributed by atoms with Crippen LogP contribution in [0.2, 0.25) is 18.1 Å². The average molecular weight is 509 g/mol. The van der Waals surface area contributed by atoms with Crippen LogP contribution in [0.3, 0.4) is 0 Å². The smallest absolute Gasteiger partial charge is 0.252 e. The van der Waals surface area contributed by atoms with Gasteiger partial charge in [-0.25, -0.2) is 8.78 Å². The van der Waals surface area contributed by atoms with Crippen molar-refractivity contribution in [1.29, 1.82) is 0 Å². The molecule has 1 fully saturated rings. The first-order valence-corrected chi connectivity index (χ1v) is 14.7.